The van der Waals surface area contributed by atoms with E-state index in [2.05, 4.69) is 15.3 Å². The predicted octanol–water partition coefficient (Wildman–Crippen LogP) is 1.75. The van der Waals surface area contributed by atoms with Crippen molar-refractivity contribution in [2.45, 2.75) is 13.8 Å². The molecule has 126 valence electrons. The molecule has 0 aliphatic heterocycles. The molecule has 1 aromatic heterocycles. The first-order valence-corrected chi connectivity index (χ1v) is 7.84. The number of carboxylic acids is 1. The molecule has 0 fully saturated rings. The summed E-state index contributed by atoms with van der Waals surface area (Å²) in [5.41, 5.74) is 0.0491. The van der Waals surface area contributed by atoms with Crippen LogP contribution in [-0.4, -0.2) is 46.6 Å². The number of ether oxygens (including phenoxy) is 1. The van der Waals surface area contributed by atoms with E-state index in [1.807, 2.05) is 13.0 Å². The number of aliphatic imine (C=N–C) groups is 1. The summed E-state index contributed by atoms with van der Waals surface area (Å²) in [4.78, 5) is 41.5. The number of amides is 1. The van der Waals surface area contributed by atoms with Gasteiger partial charge in [0.25, 0.3) is 0 Å². The number of thiazole rings is 1. The largest absolute Gasteiger partial charge is 0.494 e. The lowest BCUT2D eigenvalue weighted by atomic mass is 10.3. The Hall–Kier alpha value is -2.81. The molecule has 0 saturated heterocycles. The molecule has 1 aromatic carbocycles. The third-order valence-electron chi connectivity index (χ3n) is 2.83. The number of anilines is 1. The van der Waals surface area contributed by atoms with E-state index in [4.69, 9.17) is 9.84 Å². The van der Waals surface area contributed by atoms with E-state index in [1.165, 1.54) is 11.3 Å². The molecule has 0 spiro atoms. The molecule has 0 unspecified atom stereocenters. The zero-order valence-electron chi connectivity index (χ0n) is 13.0. The van der Waals surface area contributed by atoms with Crippen LogP contribution < -0.4 is 10.1 Å². The molecule has 0 aliphatic carbocycles. The predicted molar refractivity (Wildman–Crippen MR) is 90.0 cm³/mol. The average Bonchev–Trinajstić information content (AvgIpc) is 2.88. The van der Waals surface area contributed by atoms with Crippen LogP contribution in [0.25, 0.3) is 10.2 Å². The summed E-state index contributed by atoms with van der Waals surface area (Å²) in [6.45, 7) is 3.04. The number of nitrogens with one attached hydrogen (secondary N) is 1. The molecule has 0 bridgehead atoms. The highest BCUT2D eigenvalue weighted by molar-refractivity contribution is 7.22. The van der Waals surface area contributed by atoms with Crippen molar-refractivity contribution in [3.05, 3.63) is 18.2 Å². The standard InChI is InChI=1S/C15H15N3O5S/c1-3-23-9-4-5-10-11(6-9)24-15(17-10)18-12(20)7-16-13(8(2)19)14(21)22/h4-6H,3,7H2,1-2H3,(H,21,22)(H,17,18,20). The fourth-order valence-corrected chi connectivity index (χ4v) is 2.76. The fraction of sp³-hybridized carbons (Fsp3) is 0.267. The lowest BCUT2D eigenvalue weighted by molar-refractivity contribution is -0.130. The van der Waals surface area contributed by atoms with Crippen molar-refractivity contribution in [2.75, 3.05) is 18.5 Å². The van der Waals surface area contributed by atoms with Crippen molar-refractivity contribution in [3.63, 3.8) is 0 Å². The number of hydrogen-bond donors (Lipinski definition) is 2. The molecule has 0 radical (unpaired) electrons. The van der Waals surface area contributed by atoms with Crippen LogP contribution >= 0.6 is 11.3 Å². The van der Waals surface area contributed by atoms with Crippen LogP contribution in [0.5, 0.6) is 5.75 Å². The zero-order valence-corrected chi connectivity index (χ0v) is 13.8. The summed E-state index contributed by atoms with van der Waals surface area (Å²) in [6.07, 6.45) is 0. The molecule has 0 atom stereocenters. The van der Waals surface area contributed by atoms with Crippen LogP contribution in [0.1, 0.15) is 13.8 Å². The van der Waals surface area contributed by atoms with Gasteiger partial charge in [-0.15, -0.1) is 0 Å². The van der Waals surface area contributed by atoms with Crippen molar-refractivity contribution in [1.82, 2.24) is 4.98 Å². The number of carbonyl (C=O) groups excluding carboxylic acids is 2. The quantitative estimate of drug-likeness (QED) is 0.581. The first-order chi connectivity index (χ1) is 11.4. The van der Waals surface area contributed by atoms with Gasteiger partial charge in [0.1, 0.15) is 12.3 Å². The SMILES string of the molecule is CCOc1ccc2nc(NC(=O)CN=C(C(C)=O)C(=O)O)sc2c1. The number of benzene rings is 1. The minimum atomic E-state index is -1.46. The van der Waals surface area contributed by atoms with Gasteiger partial charge in [-0.3, -0.25) is 14.6 Å². The van der Waals surface area contributed by atoms with E-state index in [-0.39, 0.29) is 0 Å². The second kappa shape index (κ2) is 7.64. The van der Waals surface area contributed by atoms with Gasteiger partial charge in [-0.2, -0.15) is 0 Å². The Bertz CT molecular complexity index is 812. The molecule has 8 nitrogen and oxygen atoms in total. The highest BCUT2D eigenvalue weighted by atomic mass is 32.1. The molecule has 1 heterocycles. The molecule has 9 heteroatoms. The van der Waals surface area contributed by atoms with E-state index >= 15 is 0 Å². The lowest BCUT2D eigenvalue weighted by Crippen LogP contribution is -2.24. The highest BCUT2D eigenvalue weighted by Gasteiger charge is 2.15. The van der Waals surface area contributed by atoms with Crippen molar-refractivity contribution in [2.24, 2.45) is 4.99 Å². The monoisotopic (exact) mass is 349 g/mol. The Labute approximate surface area is 141 Å². The first kappa shape index (κ1) is 17.5. The second-order valence-corrected chi connectivity index (χ2v) is 5.69. The molecule has 0 aliphatic rings. The number of rotatable bonds is 7. The zero-order chi connectivity index (χ0) is 17.7. The molecule has 2 aromatic rings. The summed E-state index contributed by atoms with van der Waals surface area (Å²) >= 11 is 1.26. The summed E-state index contributed by atoms with van der Waals surface area (Å²) in [5, 5.41) is 11.7. The number of nitrogens with zero attached hydrogens (tertiary/aromatic N) is 2. The maximum atomic E-state index is 11.8. The fourth-order valence-electron chi connectivity index (χ4n) is 1.85. The van der Waals surface area contributed by atoms with Gasteiger partial charge in [-0.25, -0.2) is 9.78 Å². The Morgan fingerprint density at radius 1 is 1.38 bits per heavy atom. The minimum Gasteiger partial charge on any atom is -0.494 e. The highest BCUT2D eigenvalue weighted by Crippen LogP contribution is 2.29. The smallest absolute Gasteiger partial charge is 0.357 e. The Balaban J connectivity index is 2.09. The van der Waals surface area contributed by atoms with Gasteiger partial charge in [-0.05, 0) is 25.1 Å². The number of aliphatic carboxylic acids is 1. The van der Waals surface area contributed by atoms with Gasteiger partial charge >= 0.3 is 5.97 Å². The van der Waals surface area contributed by atoms with Crippen molar-refractivity contribution in [3.8, 4) is 5.75 Å². The Morgan fingerprint density at radius 2 is 2.12 bits per heavy atom. The molecular formula is C15H15N3O5S. The number of hydrogen-bond acceptors (Lipinski definition) is 7. The van der Waals surface area contributed by atoms with E-state index in [0.29, 0.717) is 23.0 Å². The number of fused-ring (bicyclic) bond motifs is 1. The van der Waals surface area contributed by atoms with E-state index in [1.54, 1.807) is 12.1 Å². The minimum absolute atomic E-state index is 0.360. The van der Waals surface area contributed by atoms with E-state index in [0.717, 1.165) is 11.6 Å². The topological polar surface area (TPSA) is 118 Å². The van der Waals surface area contributed by atoms with Crippen LogP contribution in [0.15, 0.2) is 23.2 Å². The maximum Gasteiger partial charge on any atom is 0.357 e. The molecule has 0 saturated carbocycles. The second-order valence-electron chi connectivity index (χ2n) is 4.66. The van der Waals surface area contributed by atoms with Crippen LogP contribution in [-0.2, 0) is 14.4 Å². The Kier molecular flexibility index (Phi) is 5.59. The third-order valence-corrected chi connectivity index (χ3v) is 3.77. The summed E-state index contributed by atoms with van der Waals surface area (Å²) < 4.78 is 6.24. The van der Waals surface area contributed by atoms with E-state index in [9.17, 15) is 14.4 Å². The molecule has 2 N–H and O–H groups in total. The van der Waals surface area contributed by atoms with Crippen molar-refractivity contribution < 1.29 is 24.2 Å². The van der Waals surface area contributed by atoms with Crippen LogP contribution in [0, 0.1) is 0 Å². The van der Waals surface area contributed by atoms with Gasteiger partial charge in [0, 0.05) is 6.92 Å². The van der Waals surface area contributed by atoms with Gasteiger partial charge in [0.05, 0.1) is 16.8 Å². The Morgan fingerprint density at radius 3 is 2.75 bits per heavy atom. The summed E-state index contributed by atoms with van der Waals surface area (Å²) in [7, 11) is 0. The number of carbonyl (C=O) groups is 3. The summed E-state index contributed by atoms with van der Waals surface area (Å²) in [6, 6.07) is 5.39. The summed E-state index contributed by atoms with van der Waals surface area (Å²) in [5.74, 6) is -2.01. The van der Waals surface area contributed by atoms with Crippen molar-refractivity contribution in [1.29, 1.82) is 0 Å². The van der Waals surface area contributed by atoms with Gasteiger partial charge in [-0.1, -0.05) is 11.3 Å². The number of Topliss-reactive ketones (excluding diaryl/α,β-unsaturated/α-hetero) is 1. The molecule has 24 heavy (non-hydrogen) atoms. The van der Waals surface area contributed by atoms with Crippen LogP contribution in [0.2, 0.25) is 0 Å². The number of aromatic nitrogens is 1. The van der Waals surface area contributed by atoms with Gasteiger partial charge in [0.2, 0.25) is 5.91 Å². The number of ketones is 1. The maximum absolute atomic E-state index is 11.8. The molecule has 1 amide bonds. The first-order valence-electron chi connectivity index (χ1n) is 7.02. The van der Waals surface area contributed by atoms with E-state index < -0.39 is 29.9 Å². The third kappa shape index (κ3) is 4.35. The molecular weight excluding hydrogens is 334 g/mol. The average molecular weight is 349 g/mol. The van der Waals surface area contributed by atoms with Gasteiger partial charge < -0.3 is 15.2 Å². The molecule has 2 rings (SSSR count). The van der Waals surface area contributed by atoms with Crippen molar-refractivity contribution >= 4 is 50.1 Å². The lowest BCUT2D eigenvalue weighted by Gasteiger charge is -2.00. The van der Waals surface area contributed by atoms with Gasteiger partial charge in [0.15, 0.2) is 16.6 Å². The normalized spacial score (nSPS) is 11.3. The number of carboxylic acid groups (broad SMARTS) is 1. The van der Waals surface area contributed by atoms with Crippen LogP contribution in [0.3, 0.4) is 0 Å². The van der Waals surface area contributed by atoms with Crippen LogP contribution in [0.4, 0.5) is 5.13 Å².